The monoisotopic (exact) mass is 256 g/mol. The molecule has 0 saturated carbocycles. The summed E-state index contributed by atoms with van der Waals surface area (Å²) in [5, 5.41) is -4.07. The molecule has 0 aliphatic rings. The van der Waals surface area contributed by atoms with Crippen molar-refractivity contribution in [2.24, 2.45) is 0 Å². The Hall–Kier alpha value is -1.30. The van der Waals surface area contributed by atoms with Gasteiger partial charge in [0, 0.05) is 5.56 Å². The molecule has 0 aliphatic carbocycles. The third-order valence-electron chi connectivity index (χ3n) is 1.58. The highest BCUT2D eigenvalue weighted by Gasteiger charge is 2.36. The largest absolute Gasteiger partial charge is 0.435 e. The SMILES string of the molecule is O=C(c1cccc(OC(F)F)c1)C(F)(F)Cl. The molecule has 1 aromatic rings. The number of alkyl halides is 5. The van der Waals surface area contributed by atoms with Gasteiger partial charge in [0.05, 0.1) is 0 Å². The molecule has 1 aromatic carbocycles. The van der Waals surface area contributed by atoms with Crippen LogP contribution in [-0.2, 0) is 0 Å². The van der Waals surface area contributed by atoms with Crippen LogP contribution >= 0.6 is 11.6 Å². The number of ether oxygens (including phenoxy) is 1. The number of carbonyl (C=O) groups excluding carboxylic acids is 1. The molecule has 16 heavy (non-hydrogen) atoms. The molecule has 0 bridgehead atoms. The number of hydrogen-bond acceptors (Lipinski definition) is 2. The average molecular weight is 257 g/mol. The Labute approximate surface area is 92.8 Å². The van der Waals surface area contributed by atoms with E-state index in [1.54, 1.807) is 0 Å². The van der Waals surface area contributed by atoms with Gasteiger partial charge in [-0.15, -0.1) is 0 Å². The van der Waals surface area contributed by atoms with Crippen LogP contribution < -0.4 is 4.74 Å². The van der Waals surface area contributed by atoms with Gasteiger partial charge in [0.25, 0.3) is 0 Å². The van der Waals surface area contributed by atoms with E-state index in [2.05, 4.69) is 16.3 Å². The molecule has 0 radical (unpaired) electrons. The van der Waals surface area contributed by atoms with Gasteiger partial charge in [-0.1, -0.05) is 12.1 Å². The molecule has 0 saturated heterocycles. The molecule has 7 heteroatoms. The molecule has 0 aliphatic heterocycles. The minimum Gasteiger partial charge on any atom is -0.435 e. The highest BCUT2D eigenvalue weighted by atomic mass is 35.5. The molecule has 0 unspecified atom stereocenters. The maximum absolute atomic E-state index is 12.4. The van der Waals surface area contributed by atoms with Crippen molar-refractivity contribution in [3.05, 3.63) is 29.8 Å². The van der Waals surface area contributed by atoms with Crippen LogP contribution in [0.4, 0.5) is 17.6 Å². The van der Waals surface area contributed by atoms with E-state index in [0.717, 1.165) is 24.3 Å². The summed E-state index contributed by atoms with van der Waals surface area (Å²) in [4.78, 5) is 11.0. The zero-order chi connectivity index (χ0) is 12.3. The van der Waals surface area contributed by atoms with Crippen molar-refractivity contribution in [1.29, 1.82) is 0 Å². The van der Waals surface area contributed by atoms with Crippen LogP contribution in [0.15, 0.2) is 24.3 Å². The Bertz CT molecular complexity index is 389. The average Bonchev–Trinajstić information content (AvgIpc) is 2.14. The number of rotatable bonds is 4. The number of halogens is 5. The maximum Gasteiger partial charge on any atom is 0.387 e. The van der Waals surface area contributed by atoms with Crippen LogP contribution in [-0.4, -0.2) is 17.8 Å². The van der Waals surface area contributed by atoms with Gasteiger partial charge >= 0.3 is 12.0 Å². The lowest BCUT2D eigenvalue weighted by molar-refractivity contribution is -0.0498. The first kappa shape index (κ1) is 12.8. The topological polar surface area (TPSA) is 26.3 Å². The van der Waals surface area contributed by atoms with E-state index in [4.69, 9.17) is 0 Å². The summed E-state index contributed by atoms with van der Waals surface area (Å²) in [5.74, 6) is -2.06. The van der Waals surface area contributed by atoms with Crippen molar-refractivity contribution >= 4 is 17.4 Å². The van der Waals surface area contributed by atoms with Crippen LogP contribution in [0, 0.1) is 0 Å². The molecule has 0 aromatic heterocycles. The Morgan fingerprint density at radius 1 is 1.38 bits per heavy atom. The molecule has 0 fully saturated rings. The molecule has 0 spiro atoms. The summed E-state index contributed by atoms with van der Waals surface area (Å²) < 4.78 is 52.4. The number of ketones is 1. The normalized spacial score (nSPS) is 11.6. The second-order valence-electron chi connectivity index (χ2n) is 2.73. The van der Waals surface area contributed by atoms with E-state index in [-0.39, 0.29) is 5.75 Å². The highest BCUT2D eigenvalue weighted by molar-refractivity contribution is 6.35. The van der Waals surface area contributed by atoms with E-state index >= 15 is 0 Å². The number of hydrogen-bond donors (Lipinski definition) is 0. The molecular weight excluding hydrogens is 252 g/mol. The third kappa shape index (κ3) is 3.37. The zero-order valence-electron chi connectivity index (χ0n) is 7.59. The van der Waals surface area contributed by atoms with Crippen LogP contribution in [0.25, 0.3) is 0 Å². The lowest BCUT2D eigenvalue weighted by Gasteiger charge is -2.08. The third-order valence-corrected chi connectivity index (χ3v) is 1.75. The molecule has 0 N–H and O–H groups in total. The van der Waals surface area contributed by atoms with Gasteiger partial charge in [0.1, 0.15) is 5.75 Å². The van der Waals surface area contributed by atoms with Crippen LogP contribution in [0.5, 0.6) is 5.75 Å². The van der Waals surface area contributed by atoms with Crippen molar-refractivity contribution < 1.29 is 27.1 Å². The summed E-state index contributed by atoms with van der Waals surface area (Å²) >= 11 is 4.50. The smallest absolute Gasteiger partial charge is 0.387 e. The molecular formula is C9H5ClF4O2. The lowest BCUT2D eigenvalue weighted by atomic mass is 10.1. The Morgan fingerprint density at radius 2 is 2.00 bits per heavy atom. The quantitative estimate of drug-likeness (QED) is 0.469. The molecule has 88 valence electrons. The fourth-order valence-corrected chi connectivity index (χ4v) is 1.09. The van der Waals surface area contributed by atoms with Crippen LogP contribution in [0.1, 0.15) is 10.4 Å². The fourth-order valence-electron chi connectivity index (χ4n) is 0.977. The number of carbonyl (C=O) groups is 1. The fraction of sp³-hybridized carbons (Fsp3) is 0.222. The van der Waals surface area contributed by atoms with Gasteiger partial charge in [-0.3, -0.25) is 4.79 Å². The van der Waals surface area contributed by atoms with E-state index in [1.165, 1.54) is 0 Å². The van der Waals surface area contributed by atoms with E-state index < -0.39 is 23.3 Å². The Kier molecular flexibility index (Phi) is 3.74. The van der Waals surface area contributed by atoms with Gasteiger partial charge < -0.3 is 4.74 Å². The molecule has 1 rings (SSSR count). The van der Waals surface area contributed by atoms with Gasteiger partial charge in [-0.05, 0) is 23.7 Å². The summed E-state index contributed by atoms with van der Waals surface area (Å²) in [6.45, 7) is -3.10. The van der Waals surface area contributed by atoms with Crippen molar-refractivity contribution in [3.63, 3.8) is 0 Å². The first-order valence-electron chi connectivity index (χ1n) is 3.97. The maximum atomic E-state index is 12.4. The highest BCUT2D eigenvalue weighted by Crippen LogP contribution is 2.26. The standard InChI is InChI=1S/C9H5ClF4O2/c10-9(13,14)7(15)5-2-1-3-6(4-5)16-8(11)12/h1-4,8H. The molecule has 0 atom stereocenters. The Balaban J connectivity index is 2.95. The van der Waals surface area contributed by atoms with Gasteiger partial charge in [0.15, 0.2) is 0 Å². The van der Waals surface area contributed by atoms with Crippen molar-refractivity contribution in [3.8, 4) is 5.75 Å². The van der Waals surface area contributed by atoms with Crippen LogP contribution in [0.3, 0.4) is 0 Å². The number of Topliss-reactive ketones (excluding diaryl/α,β-unsaturated/α-hetero) is 1. The van der Waals surface area contributed by atoms with E-state index in [1.807, 2.05) is 0 Å². The first-order chi connectivity index (χ1) is 7.30. The summed E-state index contributed by atoms with van der Waals surface area (Å²) in [7, 11) is 0. The van der Waals surface area contributed by atoms with Crippen molar-refractivity contribution in [2.75, 3.05) is 0 Å². The second kappa shape index (κ2) is 4.69. The first-order valence-corrected chi connectivity index (χ1v) is 4.35. The minimum absolute atomic E-state index is 0.387. The van der Waals surface area contributed by atoms with Crippen LogP contribution in [0.2, 0.25) is 0 Å². The summed E-state index contributed by atoms with van der Waals surface area (Å²) in [5.41, 5.74) is -0.502. The zero-order valence-corrected chi connectivity index (χ0v) is 8.35. The van der Waals surface area contributed by atoms with Gasteiger partial charge in [-0.25, -0.2) is 0 Å². The molecule has 0 heterocycles. The second-order valence-corrected chi connectivity index (χ2v) is 3.21. The predicted molar refractivity (Wildman–Crippen MR) is 48.2 cm³/mol. The van der Waals surface area contributed by atoms with Gasteiger partial charge in [-0.2, -0.15) is 17.6 Å². The number of benzene rings is 1. The predicted octanol–water partition coefficient (Wildman–Crippen LogP) is 3.30. The lowest BCUT2D eigenvalue weighted by Crippen LogP contribution is -2.21. The van der Waals surface area contributed by atoms with Gasteiger partial charge in [0.2, 0.25) is 5.78 Å². The minimum atomic E-state index is -4.07. The van der Waals surface area contributed by atoms with Crippen molar-refractivity contribution in [2.45, 2.75) is 12.0 Å². The van der Waals surface area contributed by atoms with E-state index in [0.29, 0.717) is 0 Å². The van der Waals surface area contributed by atoms with E-state index in [9.17, 15) is 22.4 Å². The summed E-state index contributed by atoms with van der Waals surface area (Å²) in [6.07, 6.45) is 0. The molecule has 2 nitrogen and oxygen atoms in total. The molecule has 0 amide bonds. The Morgan fingerprint density at radius 3 is 2.50 bits per heavy atom. The van der Waals surface area contributed by atoms with Crippen molar-refractivity contribution in [1.82, 2.24) is 0 Å². The summed E-state index contributed by atoms with van der Waals surface area (Å²) in [6, 6.07) is 4.03.